The molecule has 0 radical (unpaired) electrons. The summed E-state index contributed by atoms with van der Waals surface area (Å²) in [6.07, 6.45) is 5.06. The maximum absolute atomic E-state index is 5.98. The summed E-state index contributed by atoms with van der Waals surface area (Å²) in [5, 5.41) is 2.69. The number of nitrogens with two attached hydrogens (primary N) is 1. The Morgan fingerprint density at radius 1 is 1.00 bits per heavy atom. The van der Waals surface area contributed by atoms with Gasteiger partial charge in [0.05, 0.1) is 0 Å². The van der Waals surface area contributed by atoms with Crippen LogP contribution in [0.3, 0.4) is 0 Å². The maximum Gasteiger partial charge on any atom is -0.000801 e. The summed E-state index contributed by atoms with van der Waals surface area (Å²) in [6.45, 7) is 2.99. The first-order chi connectivity index (χ1) is 8.86. The van der Waals surface area contributed by atoms with E-state index in [2.05, 4.69) is 49.4 Å². The Balaban J connectivity index is 2.27. The molecule has 0 saturated carbocycles. The predicted molar refractivity (Wildman–Crippen MR) is 79.9 cm³/mol. The van der Waals surface area contributed by atoms with Crippen molar-refractivity contribution in [2.75, 3.05) is 6.54 Å². The lowest BCUT2D eigenvalue weighted by atomic mass is 9.89. The molecule has 0 aliphatic heterocycles. The standard InChI is InChI=1S/C17H23N/c1-2-3-4-9-15(13-18)17-12-7-10-14-8-5-6-11-16(14)17/h5-8,10-12,15H,2-4,9,13,18H2,1H3. The summed E-state index contributed by atoms with van der Waals surface area (Å²) in [5.74, 6) is 0.502. The quantitative estimate of drug-likeness (QED) is 0.742. The van der Waals surface area contributed by atoms with E-state index in [1.165, 1.54) is 42.0 Å². The lowest BCUT2D eigenvalue weighted by Crippen LogP contribution is -2.12. The van der Waals surface area contributed by atoms with E-state index in [9.17, 15) is 0 Å². The van der Waals surface area contributed by atoms with Gasteiger partial charge < -0.3 is 5.73 Å². The molecule has 2 N–H and O–H groups in total. The molecule has 2 aromatic carbocycles. The topological polar surface area (TPSA) is 26.0 Å². The molecule has 2 rings (SSSR count). The first-order valence-corrected chi connectivity index (χ1v) is 7.04. The number of hydrogen-bond donors (Lipinski definition) is 1. The highest BCUT2D eigenvalue weighted by Gasteiger charge is 2.11. The van der Waals surface area contributed by atoms with E-state index in [-0.39, 0.29) is 0 Å². The fraction of sp³-hybridized carbons (Fsp3) is 0.412. The summed E-state index contributed by atoms with van der Waals surface area (Å²) in [4.78, 5) is 0. The zero-order valence-corrected chi connectivity index (χ0v) is 11.2. The molecule has 0 fully saturated rings. The molecule has 1 heteroatoms. The second-order valence-electron chi connectivity index (χ2n) is 5.00. The van der Waals surface area contributed by atoms with Gasteiger partial charge in [-0.05, 0) is 35.2 Å². The second-order valence-corrected chi connectivity index (χ2v) is 5.00. The van der Waals surface area contributed by atoms with Gasteiger partial charge in [0.2, 0.25) is 0 Å². The van der Waals surface area contributed by atoms with E-state index in [1.54, 1.807) is 0 Å². The molecule has 0 aliphatic rings. The molecule has 0 spiro atoms. The molecule has 96 valence electrons. The average Bonchev–Trinajstić information content (AvgIpc) is 2.43. The van der Waals surface area contributed by atoms with E-state index in [0.29, 0.717) is 5.92 Å². The van der Waals surface area contributed by atoms with Crippen LogP contribution in [-0.2, 0) is 0 Å². The summed E-state index contributed by atoms with van der Waals surface area (Å²) in [5.41, 5.74) is 7.40. The molecule has 0 saturated heterocycles. The highest BCUT2D eigenvalue weighted by molar-refractivity contribution is 5.86. The van der Waals surface area contributed by atoms with E-state index in [1.807, 2.05) is 0 Å². The third-order valence-electron chi connectivity index (χ3n) is 3.70. The van der Waals surface area contributed by atoms with Crippen LogP contribution in [0.2, 0.25) is 0 Å². The normalized spacial score (nSPS) is 12.8. The van der Waals surface area contributed by atoms with Crippen molar-refractivity contribution in [2.45, 2.75) is 38.5 Å². The number of benzene rings is 2. The Hall–Kier alpha value is -1.34. The lowest BCUT2D eigenvalue weighted by molar-refractivity contribution is 0.575. The Morgan fingerprint density at radius 3 is 2.56 bits per heavy atom. The van der Waals surface area contributed by atoms with Crippen molar-refractivity contribution in [3.63, 3.8) is 0 Å². The van der Waals surface area contributed by atoms with Crippen LogP contribution in [0.1, 0.15) is 44.1 Å². The molecule has 0 aromatic heterocycles. The van der Waals surface area contributed by atoms with E-state index >= 15 is 0 Å². The van der Waals surface area contributed by atoms with Gasteiger partial charge in [0.1, 0.15) is 0 Å². The predicted octanol–water partition coefficient (Wildman–Crippen LogP) is 4.46. The van der Waals surface area contributed by atoms with Gasteiger partial charge in [0.25, 0.3) is 0 Å². The van der Waals surface area contributed by atoms with Crippen molar-refractivity contribution in [1.82, 2.24) is 0 Å². The highest BCUT2D eigenvalue weighted by Crippen LogP contribution is 2.28. The van der Waals surface area contributed by atoms with Crippen molar-refractivity contribution in [3.8, 4) is 0 Å². The number of rotatable bonds is 6. The van der Waals surface area contributed by atoms with Gasteiger partial charge in [0.15, 0.2) is 0 Å². The summed E-state index contributed by atoms with van der Waals surface area (Å²) in [6, 6.07) is 15.2. The van der Waals surface area contributed by atoms with Crippen molar-refractivity contribution < 1.29 is 0 Å². The molecule has 1 unspecified atom stereocenters. The van der Waals surface area contributed by atoms with Gasteiger partial charge >= 0.3 is 0 Å². The van der Waals surface area contributed by atoms with Gasteiger partial charge in [0, 0.05) is 0 Å². The average molecular weight is 241 g/mol. The van der Waals surface area contributed by atoms with Crippen molar-refractivity contribution in [2.24, 2.45) is 5.73 Å². The van der Waals surface area contributed by atoms with E-state index in [0.717, 1.165) is 6.54 Å². The van der Waals surface area contributed by atoms with Crippen LogP contribution in [0.4, 0.5) is 0 Å². The molecule has 0 bridgehead atoms. The minimum Gasteiger partial charge on any atom is -0.330 e. The highest BCUT2D eigenvalue weighted by atomic mass is 14.5. The van der Waals surface area contributed by atoms with E-state index < -0.39 is 0 Å². The zero-order valence-electron chi connectivity index (χ0n) is 11.2. The lowest BCUT2D eigenvalue weighted by Gasteiger charge is -2.17. The summed E-state index contributed by atoms with van der Waals surface area (Å²) < 4.78 is 0. The van der Waals surface area contributed by atoms with Crippen molar-refractivity contribution in [1.29, 1.82) is 0 Å². The molecule has 1 atom stereocenters. The molecular formula is C17H23N. The molecule has 0 aliphatic carbocycles. The van der Waals surface area contributed by atoms with Gasteiger partial charge in [-0.2, -0.15) is 0 Å². The van der Waals surface area contributed by atoms with Gasteiger partial charge in [-0.3, -0.25) is 0 Å². The Morgan fingerprint density at radius 2 is 1.78 bits per heavy atom. The van der Waals surface area contributed by atoms with Crippen LogP contribution in [0.5, 0.6) is 0 Å². The third kappa shape index (κ3) is 2.91. The first kappa shape index (κ1) is 13.1. The molecule has 0 amide bonds. The van der Waals surface area contributed by atoms with Crippen LogP contribution >= 0.6 is 0 Å². The number of fused-ring (bicyclic) bond motifs is 1. The van der Waals surface area contributed by atoms with Crippen LogP contribution in [0, 0.1) is 0 Å². The minimum atomic E-state index is 0.502. The van der Waals surface area contributed by atoms with Gasteiger partial charge in [-0.1, -0.05) is 68.7 Å². The first-order valence-electron chi connectivity index (χ1n) is 7.04. The Bertz CT molecular complexity index is 484. The third-order valence-corrected chi connectivity index (χ3v) is 3.70. The van der Waals surface area contributed by atoms with Crippen LogP contribution in [-0.4, -0.2) is 6.54 Å². The fourth-order valence-electron chi connectivity index (χ4n) is 2.65. The Labute approximate surface area is 110 Å². The number of unbranched alkanes of at least 4 members (excludes halogenated alkanes) is 2. The minimum absolute atomic E-state index is 0.502. The SMILES string of the molecule is CCCCCC(CN)c1cccc2ccccc12. The fourth-order valence-corrected chi connectivity index (χ4v) is 2.65. The second kappa shape index (κ2) is 6.55. The van der Waals surface area contributed by atoms with Gasteiger partial charge in [-0.15, -0.1) is 0 Å². The van der Waals surface area contributed by atoms with E-state index in [4.69, 9.17) is 5.73 Å². The smallest absolute Gasteiger partial charge is 0.000801 e. The largest absolute Gasteiger partial charge is 0.330 e. The molecule has 18 heavy (non-hydrogen) atoms. The van der Waals surface area contributed by atoms with Crippen molar-refractivity contribution >= 4 is 10.8 Å². The summed E-state index contributed by atoms with van der Waals surface area (Å²) >= 11 is 0. The molecule has 0 heterocycles. The monoisotopic (exact) mass is 241 g/mol. The zero-order chi connectivity index (χ0) is 12.8. The van der Waals surface area contributed by atoms with Gasteiger partial charge in [-0.25, -0.2) is 0 Å². The maximum atomic E-state index is 5.98. The molecular weight excluding hydrogens is 218 g/mol. The van der Waals surface area contributed by atoms with Crippen LogP contribution < -0.4 is 5.73 Å². The number of hydrogen-bond acceptors (Lipinski definition) is 1. The summed E-state index contributed by atoms with van der Waals surface area (Å²) in [7, 11) is 0. The Kier molecular flexibility index (Phi) is 4.77. The van der Waals surface area contributed by atoms with Crippen molar-refractivity contribution in [3.05, 3.63) is 48.0 Å². The van der Waals surface area contributed by atoms with Crippen LogP contribution in [0.25, 0.3) is 10.8 Å². The molecule has 1 nitrogen and oxygen atoms in total. The molecule has 2 aromatic rings. The van der Waals surface area contributed by atoms with Crippen LogP contribution in [0.15, 0.2) is 42.5 Å².